The summed E-state index contributed by atoms with van der Waals surface area (Å²) < 4.78 is 25.7. The molecule has 1 rings (SSSR count). The lowest BCUT2D eigenvalue weighted by atomic mass is 10.4. The highest BCUT2D eigenvalue weighted by Gasteiger charge is 2.29. The van der Waals surface area contributed by atoms with E-state index >= 15 is 0 Å². The van der Waals surface area contributed by atoms with Crippen molar-refractivity contribution in [1.82, 2.24) is 14.5 Å². The van der Waals surface area contributed by atoms with Gasteiger partial charge in [-0.25, -0.2) is 8.42 Å². The van der Waals surface area contributed by atoms with Crippen LogP contribution in [0.15, 0.2) is 4.34 Å². The Balaban J connectivity index is 3.05. The topological polar surface area (TPSA) is 92.3 Å². The Labute approximate surface area is 110 Å². The minimum Gasteiger partial charge on any atom is -0.301 e. The van der Waals surface area contributed by atoms with E-state index in [2.05, 4.69) is 15.5 Å². The number of nitrogens with one attached hydrogen (secondary N) is 1. The molecule has 1 amide bonds. The van der Waals surface area contributed by atoms with Crippen LogP contribution < -0.4 is 5.32 Å². The summed E-state index contributed by atoms with van der Waals surface area (Å²) in [5.41, 5.74) is 0. The van der Waals surface area contributed by atoms with Crippen LogP contribution in [0.4, 0.5) is 5.13 Å². The number of hydrogen-bond donors (Lipinski definition) is 1. The van der Waals surface area contributed by atoms with E-state index in [1.807, 2.05) is 0 Å². The summed E-state index contributed by atoms with van der Waals surface area (Å²) in [5.74, 6) is -0.314. The zero-order valence-electron chi connectivity index (χ0n) is 10.7. The van der Waals surface area contributed by atoms with E-state index in [0.29, 0.717) is 6.54 Å². The maximum atomic E-state index is 12.2. The average Bonchev–Trinajstić information content (AvgIpc) is 2.65. The number of aromatic nitrogens is 2. The van der Waals surface area contributed by atoms with Gasteiger partial charge in [-0.3, -0.25) is 4.79 Å². The molecule has 0 unspecified atom stereocenters. The monoisotopic (exact) mass is 292 g/mol. The fraction of sp³-hybridized carbons (Fsp3) is 0.667. The molecule has 1 heterocycles. The molecule has 0 saturated carbocycles. The van der Waals surface area contributed by atoms with Crippen LogP contribution in [0.25, 0.3) is 0 Å². The van der Waals surface area contributed by atoms with Gasteiger partial charge in [-0.1, -0.05) is 18.3 Å². The van der Waals surface area contributed by atoms with Crippen molar-refractivity contribution >= 4 is 32.4 Å². The van der Waals surface area contributed by atoms with E-state index < -0.39 is 10.0 Å². The second-order valence-electron chi connectivity index (χ2n) is 3.86. The molecule has 0 aromatic carbocycles. The van der Waals surface area contributed by atoms with E-state index in [4.69, 9.17) is 0 Å². The Kier molecular flexibility index (Phi) is 4.77. The third kappa shape index (κ3) is 3.24. The molecule has 0 radical (unpaired) electrons. The summed E-state index contributed by atoms with van der Waals surface area (Å²) >= 11 is 0.845. The van der Waals surface area contributed by atoms with Crippen LogP contribution >= 0.6 is 11.3 Å². The first-order valence-corrected chi connectivity index (χ1v) is 7.67. The van der Waals surface area contributed by atoms with Crippen molar-refractivity contribution in [3.8, 4) is 0 Å². The summed E-state index contributed by atoms with van der Waals surface area (Å²) in [5, 5.41) is 9.83. The van der Waals surface area contributed by atoms with Crippen molar-refractivity contribution in [1.29, 1.82) is 0 Å². The Bertz CT molecular complexity index is 524. The highest BCUT2D eigenvalue weighted by molar-refractivity contribution is 7.91. The molecule has 0 aliphatic rings. The zero-order chi connectivity index (χ0) is 13.9. The third-order valence-corrected chi connectivity index (χ3v) is 5.44. The van der Waals surface area contributed by atoms with Crippen LogP contribution in [-0.2, 0) is 14.8 Å². The van der Waals surface area contributed by atoms with Crippen LogP contribution in [0, 0.1) is 0 Å². The summed E-state index contributed by atoms with van der Waals surface area (Å²) in [4.78, 5) is 10.8. The predicted molar refractivity (Wildman–Crippen MR) is 68.9 cm³/mol. The molecular formula is C9H16N4O3S2. The number of carbonyl (C=O) groups is 1. The molecule has 1 aromatic rings. The molecule has 18 heavy (non-hydrogen) atoms. The lowest BCUT2D eigenvalue weighted by Gasteiger charge is -2.22. The first-order valence-electron chi connectivity index (χ1n) is 5.42. The van der Waals surface area contributed by atoms with E-state index in [0.717, 1.165) is 11.3 Å². The summed E-state index contributed by atoms with van der Waals surface area (Å²) in [6.07, 6.45) is 0. The summed E-state index contributed by atoms with van der Waals surface area (Å²) in [6.45, 7) is 7.01. The molecule has 0 fully saturated rings. The van der Waals surface area contributed by atoms with Crippen molar-refractivity contribution in [3.63, 3.8) is 0 Å². The minimum atomic E-state index is -3.64. The number of anilines is 1. The number of rotatable bonds is 5. The van der Waals surface area contributed by atoms with Crippen molar-refractivity contribution in [2.75, 3.05) is 11.9 Å². The Morgan fingerprint density at radius 1 is 1.44 bits per heavy atom. The van der Waals surface area contributed by atoms with Gasteiger partial charge in [-0.2, -0.15) is 4.31 Å². The SMILES string of the molecule is CCN(C(C)C)S(=O)(=O)c1nnc(NC(C)=O)s1. The largest absolute Gasteiger partial charge is 0.301 e. The molecule has 102 valence electrons. The second kappa shape index (κ2) is 5.72. The molecule has 9 heteroatoms. The molecule has 0 atom stereocenters. The van der Waals surface area contributed by atoms with Crippen LogP contribution in [-0.4, -0.2) is 41.4 Å². The highest BCUT2D eigenvalue weighted by Crippen LogP contribution is 2.24. The Hall–Kier alpha value is -1.06. The first-order chi connectivity index (χ1) is 8.28. The average molecular weight is 292 g/mol. The van der Waals surface area contributed by atoms with Gasteiger partial charge in [-0.15, -0.1) is 10.2 Å². The number of carbonyl (C=O) groups excluding carboxylic acids is 1. The van der Waals surface area contributed by atoms with Crippen molar-refractivity contribution in [2.24, 2.45) is 0 Å². The van der Waals surface area contributed by atoms with Crippen LogP contribution in [0.3, 0.4) is 0 Å². The van der Waals surface area contributed by atoms with Gasteiger partial charge in [0, 0.05) is 19.5 Å². The van der Waals surface area contributed by atoms with Gasteiger partial charge in [-0.05, 0) is 13.8 Å². The maximum Gasteiger partial charge on any atom is 0.272 e. The molecule has 0 aliphatic carbocycles. The minimum absolute atomic E-state index is 0.109. The van der Waals surface area contributed by atoms with E-state index in [9.17, 15) is 13.2 Å². The highest BCUT2D eigenvalue weighted by atomic mass is 32.2. The van der Waals surface area contributed by atoms with E-state index in [1.165, 1.54) is 11.2 Å². The van der Waals surface area contributed by atoms with Gasteiger partial charge < -0.3 is 5.32 Å². The molecular weight excluding hydrogens is 276 g/mol. The molecule has 1 N–H and O–H groups in total. The van der Waals surface area contributed by atoms with Crippen LogP contribution in [0.5, 0.6) is 0 Å². The third-order valence-electron chi connectivity index (χ3n) is 2.11. The lowest BCUT2D eigenvalue weighted by Crippen LogP contribution is -2.36. The van der Waals surface area contributed by atoms with E-state index in [1.54, 1.807) is 20.8 Å². The number of nitrogens with zero attached hydrogens (tertiary/aromatic N) is 3. The van der Waals surface area contributed by atoms with Gasteiger partial charge in [0.1, 0.15) is 0 Å². The summed E-state index contributed by atoms with van der Waals surface area (Å²) in [7, 11) is -3.64. The number of sulfonamides is 1. The van der Waals surface area contributed by atoms with Crippen LogP contribution in [0.1, 0.15) is 27.7 Å². The standard InChI is InChI=1S/C9H16N4O3S2/c1-5-13(6(2)3)18(15,16)9-12-11-8(17-9)10-7(4)14/h6H,5H2,1-4H3,(H,10,11,14). The molecule has 0 saturated heterocycles. The fourth-order valence-corrected chi connectivity index (χ4v) is 4.14. The maximum absolute atomic E-state index is 12.2. The zero-order valence-corrected chi connectivity index (χ0v) is 12.3. The van der Waals surface area contributed by atoms with Gasteiger partial charge >= 0.3 is 0 Å². The van der Waals surface area contributed by atoms with Crippen LogP contribution in [0.2, 0.25) is 0 Å². The Morgan fingerprint density at radius 3 is 2.50 bits per heavy atom. The molecule has 0 spiro atoms. The molecule has 1 aromatic heterocycles. The van der Waals surface area contributed by atoms with Gasteiger partial charge in [0.05, 0.1) is 0 Å². The molecule has 7 nitrogen and oxygen atoms in total. The molecule has 0 aliphatic heterocycles. The van der Waals surface area contributed by atoms with Gasteiger partial charge in [0.25, 0.3) is 10.0 Å². The second-order valence-corrected chi connectivity index (χ2v) is 6.90. The smallest absolute Gasteiger partial charge is 0.272 e. The quantitative estimate of drug-likeness (QED) is 0.814. The normalized spacial score (nSPS) is 12.1. The van der Waals surface area contributed by atoms with Gasteiger partial charge in [0.15, 0.2) is 0 Å². The first kappa shape index (κ1) is 15.0. The summed E-state index contributed by atoms with van der Waals surface area (Å²) in [6, 6.07) is -0.159. The van der Waals surface area contributed by atoms with E-state index in [-0.39, 0.29) is 21.4 Å². The predicted octanol–water partition coefficient (Wildman–Crippen LogP) is 0.915. The molecule has 0 bridgehead atoms. The number of hydrogen-bond acceptors (Lipinski definition) is 6. The van der Waals surface area contributed by atoms with Crippen molar-refractivity contribution in [3.05, 3.63) is 0 Å². The lowest BCUT2D eigenvalue weighted by molar-refractivity contribution is -0.114. The number of amides is 1. The Morgan fingerprint density at radius 2 is 2.06 bits per heavy atom. The van der Waals surface area contributed by atoms with Crippen molar-refractivity contribution in [2.45, 2.75) is 38.1 Å². The van der Waals surface area contributed by atoms with Crippen molar-refractivity contribution < 1.29 is 13.2 Å². The fourth-order valence-electron chi connectivity index (χ4n) is 1.43. The van der Waals surface area contributed by atoms with Gasteiger partial charge in [0.2, 0.25) is 15.4 Å².